The Balaban J connectivity index is 3.35. The van der Waals surface area contributed by atoms with Crippen molar-refractivity contribution >= 4 is 82.9 Å². The number of amides is 11. The molecule has 1 rings (SSSR count). The fraction of sp³-hybridized carbons (Fsp3) is 0.679. The molecule has 0 saturated heterocycles. The zero-order valence-corrected chi connectivity index (χ0v) is 50.8. The number of hydrogen-bond acceptors (Lipinski definition) is 18. The van der Waals surface area contributed by atoms with E-state index in [1.54, 1.807) is 0 Å². The summed E-state index contributed by atoms with van der Waals surface area (Å²) in [4.78, 5) is 173. The highest BCUT2D eigenvalue weighted by Crippen LogP contribution is 2.10. The fourth-order valence-corrected chi connectivity index (χ4v) is 8.32. The van der Waals surface area contributed by atoms with Crippen molar-refractivity contribution in [1.82, 2.24) is 68.5 Å². The lowest BCUT2D eigenvalue weighted by Gasteiger charge is -2.27. The van der Waals surface area contributed by atoms with Crippen molar-refractivity contribution in [3.8, 4) is 0 Å². The van der Waals surface area contributed by atoms with E-state index in [9.17, 15) is 62.6 Å². The number of imidazole rings is 1. The summed E-state index contributed by atoms with van der Waals surface area (Å²) < 4.78 is 0. The average molecular weight is 1250 g/mol. The smallest absolute Gasteiger partial charge is 0.326 e. The zero-order valence-electron chi connectivity index (χ0n) is 50.8. The van der Waals surface area contributed by atoms with Crippen LogP contribution in [0.4, 0.5) is 0 Å². The molecule has 11 amide bonds. The van der Waals surface area contributed by atoms with Crippen LogP contribution in [0, 0.1) is 5.92 Å². The third-order valence-electron chi connectivity index (χ3n) is 13.0. The van der Waals surface area contributed by atoms with E-state index in [4.69, 9.17) is 40.1 Å². The number of rotatable bonds is 46. The highest BCUT2D eigenvalue weighted by molar-refractivity contribution is 5.98. The number of aliphatic carboxylic acids is 1. The van der Waals surface area contributed by atoms with Gasteiger partial charge < -0.3 is 109 Å². The van der Waals surface area contributed by atoms with Gasteiger partial charge in [0.25, 0.3) is 0 Å². The predicted octanol–water partition coefficient (Wildman–Crippen LogP) is -7.16. The summed E-state index contributed by atoms with van der Waals surface area (Å²) >= 11 is 0. The Kier molecular flexibility index (Phi) is 38.5. The molecule has 0 saturated carbocycles. The van der Waals surface area contributed by atoms with Crippen LogP contribution in [0.1, 0.15) is 123 Å². The Morgan fingerprint density at radius 3 is 1.43 bits per heavy atom. The standard InChI is InChI=1S/C53H96N22O13/c1-30(2)23-34(56)45(81)66-28-43(79)70-35(13-5-8-18-54)46(82)67-26-41(77)65-27-42(78)69-31(3)44(80)71-36(14-7-10-20-62-32(4)76)47(83)72-38(17-12-22-64-53(59)60)49(85)75-40(24-33-25-61-29-68-33)50(86)73-37(16-11-21-63-52(57)58)48(84)74-39(51(87)88)15-6-9-19-55/h25,29-31,34-40H,5-24,26-28,54-56H2,1-4H3,(H,61,68)(H,62,76)(H,65,77)(H,66,81)(H,67,82)(H,69,78)(H,70,79)(H,71,80)(H,72,83)(H,73,86)(H,74,84)(H,75,85)(H,87,88)(H4,57,58,63)(H4,59,60,64)/t31-,34-,35-,36-,37-,38-,39-,40-/m0/s1. The van der Waals surface area contributed by atoms with E-state index in [0.29, 0.717) is 57.3 Å². The molecule has 35 heteroatoms. The van der Waals surface area contributed by atoms with Crippen LogP contribution in [0.2, 0.25) is 0 Å². The van der Waals surface area contributed by atoms with Crippen molar-refractivity contribution in [3.63, 3.8) is 0 Å². The lowest BCUT2D eigenvalue weighted by Crippen LogP contribution is -2.60. The summed E-state index contributed by atoms with van der Waals surface area (Å²) in [7, 11) is 0. The first-order chi connectivity index (χ1) is 41.7. The number of carbonyl (C=O) groups is 12. The number of nitrogens with two attached hydrogens (primary N) is 7. The third-order valence-corrected chi connectivity index (χ3v) is 13.0. The van der Waals surface area contributed by atoms with E-state index in [1.165, 1.54) is 26.4 Å². The fourth-order valence-electron chi connectivity index (χ4n) is 8.32. The number of carboxylic acids is 1. The van der Waals surface area contributed by atoms with Crippen molar-refractivity contribution < 1.29 is 62.6 Å². The number of carbonyl (C=O) groups excluding carboxylic acids is 11. The van der Waals surface area contributed by atoms with E-state index in [-0.39, 0.29) is 101 Å². The second kappa shape index (κ2) is 43.8. The van der Waals surface area contributed by atoms with E-state index < -0.39 is 133 Å². The first-order valence-electron chi connectivity index (χ1n) is 29.3. The Hall–Kier alpha value is -8.73. The maximum Gasteiger partial charge on any atom is 0.326 e. The molecule has 0 fully saturated rings. The van der Waals surface area contributed by atoms with Crippen LogP contribution < -0.4 is 98.6 Å². The molecule has 1 aromatic rings. The minimum absolute atomic E-state index is 0.00991. The number of aromatic amines is 1. The summed E-state index contributed by atoms with van der Waals surface area (Å²) in [5.41, 5.74) is 39.4. The lowest BCUT2D eigenvalue weighted by molar-refractivity contribution is -0.142. The number of aromatic nitrogens is 2. The van der Waals surface area contributed by atoms with Crippen LogP contribution in [0.3, 0.4) is 0 Å². The summed E-state index contributed by atoms with van der Waals surface area (Å²) in [6.07, 6.45) is 5.40. The Morgan fingerprint density at radius 2 is 0.943 bits per heavy atom. The van der Waals surface area contributed by atoms with Gasteiger partial charge in [-0.1, -0.05) is 13.8 Å². The summed E-state index contributed by atoms with van der Waals surface area (Å²) in [5, 5.41) is 37.6. The topological polar surface area (TPSA) is 593 Å². The molecular weight excluding hydrogens is 1150 g/mol. The van der Waals surface area contributed by atoms with Gasteiger partial charge in [-0.3, -0.25) is 62.7 Å². The molecule has 0 aliphatic heterocycles. The minimum atomic E-state index is -1.48. The Labute approximate surface area is 511 Å². The van der Waals surface area contributed by atoms with Gasteiger partial charge in [0.15, 0.2) is 11.9 Å². The van der Waals surface area contributed by atoms with Gasteiger partial charge in [-0.25, -0.2) is 9.78 Å². The molecule has 0 aliphatic carbocycles. The van der Waals surface area contributed by atoms with Crippen molar-refractivity contribution in [2.45, 2.75) is 172 Å². The van der Waals surface area contributed by atoms with Crippen molar-refractivity contribution in [3.05, 3.63) is 18.2 Å². The molecule has 0 aliphatic rings. The van der Waals surface area contributed by atoms with E-state index >= 15 is 0 Å². The third kappa shape index (κ3) is 35.0. The van der Waals surface area contributed by atoms with Gasteiger partial charge in [-0.2, -0.15) is 0 Å². The number of nitrogens with zero attached hydrogens (tertiary/aromatic N) is 3. The first kappa shape index (κ1) is 77.3. The van der Waals surface area contributed by atoms with Gasteiger partial charge >= 0.3 is 5.97 Å². The Morgan fingerprint density at radius 1 is 0.511 bits per heavy atom. The van der Waals surface area contributed by atoms with Gasteiger partial charge in [0.05, 0.1) is 32.0 Å². The molecule has 1 aromatic heterocycles. The molecule has 496 valence electrons. The van der Waals surface area contributed by atoms with Gasteiger partial charge in [0.1, 0.15) is 42.3 Å². The molecular formula is C53H96N22O13. The van der Waals surface area contributed by atoms with Gasteiger partial charge in [-0.15, -0.1) is 0 Å². The van der Waals surface area contributed by atoms with Crippen LogP contribution in [-0.4, -0.2) is 199 Å². The SMILES string of the molecule is CC(=O)NCCCC[C@H](NC(=O)[C@H](C)NC(=O)CNC(=O)CNC(=O)[C@H](CCCCN)NC(=O)CNC(=O)[C@@H](N)CC(C)C)C(=O)N[C@@H](CCCN=C(N)N)C(=O)N[C@@H](Cc1cnc[nH]1)C(=O)N[C@@H](CCCN=C(N)N)C(=O)N[C@@H](CCCCN)C(=O)O. The monoisotopic (exact) mass is 1250 g/mol. The number of unbranched alkanes of at least 4 members (excludes halogenated alkanes) is 3. The summed E-state index contributed by atoms with van der Waals surface area (Å²) in [6, 6.07) is -10.3. The molecule has 0 aromatic carbocycles. The molecule has 0 bridgehead atoms. The number of carboxylic acid groups (broad SMARTS) is 1. The molecule has 88 heavy (non-hydrogen) atoms. The average Bonchev–Trinajstić information content (AvgIpc) is 2.87. The van der Waals surface area contributed by atoms with Gasteiger partial charge in [-0.05, 0) is 116 Å². The Bertz CT molecular complexity index is 2460. The molecule has 35 nitrogen and oxygen atoms in total. The molecule has 0 spiro atoms. The molecule has 27 N–H and O–H groups in total. The van der Waals surface area contributed by atoms with E-state index in [0.717, 1.165) is 0 Å². The number of aliphatic imine (C=N–C) groups is 2. The second-order valence-corrected chi connectivity index (χ2v) is 21.2. The number of H-pyrrole nitrogens is 1. The summed E-state index contributed by atoms with van der Waals surface area (Å²) in [6.45, 7) is 5.49. The number of hydrogen-bond donors (Lipinski definition) is 20. The van der Waals surface area contributed by atoms with E-state index in [2.05, 4.69) is 78.4 Å². The zero-order chi connectivity index (χ0) is 66.1. The maximum atomic E-state index is 14.4. The molecule has 0 radical (unpaired) electrons. The van der Waals surface area contributed by atoms with Gasteiger partial charge in [0, 0.05) is 44.9 Å². The lowest BCUT2D eigenvalue weighted by atomic mass is 10.0. The summed E-state index contributed by atoms with van der Waals surface area (Å²) in [5.74, 6) is -10.0. The number of guanidine groups is 2. The molecule has 8 atom stereocenters. The largest absolute Gasteiger partial charge is 0.480 e. The molecule has 1 heterocycles. The maximum absolute atomic E-state index is 14.4. The van der Waals surface area contributed by atoms with Crippen LogP contribution in [-0.2, 0) is 64.0 Å². The number of nitrogens with one attached hydrogen (secondary N) is 12. The van der Waals surface area contributed by atoms with Crippen LogP contribution in [0.5, 0.6) is 0 Å². The minimum Gasteiger partial charge on any atom is -0.480 e. The van der Waals surface area contributed by atoms with E-state index in [1.807, 2.05) is 13.8 Å². The van der Waals surface area contributed by atoms with Crippen LogP contribution in [0.25, 0.3) is 0 Å². The molecule has 0 unspecified atom stereocenters. The van der Waals surface area contributed by atoms with Crippen LogP contribution >= 0.6 is 0 Å². The first-order valence-corrected chi connectivity index (χ1v) is 29.3. The van der Waals surface area contributed by atoms with Crippen molar-refractivity contribution in [1.29, 1.82) is 0 Å². The van der Waals surface area contributed by atoms with Crippen LogP contribution in [0.15, 0.2) is 22.5 Å². The quantitative estimate of drug-likeness (QED) is 0.0164. The van der Waals surface area contributed by atoms with Crippen molar-refractivity contribution in [2.75, 3.05) is 52.4 Å². The predicted molar refractivity (Wildman–Crippen MR) is 324 cm³/mol. The van der Waals surface area contributed by atoms with Crippen molar-refractivity contribution in [2.24, 2.45) is 56.0 Å². The highest BCUT2D eigenvalue weighted by atomic mass is 16.4. The normalized spacial score (nSPS) is 13.6. The highest BCUT2D eigenvalue weighted by Gasteiger charge is 2.34. The second-order valence-electron chi connectivity index (χ2n) is 21.2. The van der Waals surface area contributed by atoms with Gasteiger partial charge in [0.2, 0.25) is 65.0 Å².